The van der Waals surface area contributed by atoms with Crippen molar-refractivity contribution in [3.8, 4) is 0 Å². The number of piperidine rings is 1. The van der Waals surface area contributed by atoms with Crippen molar-refractivity contribution in [2.75, 3.05) is 18.5 Å². The fourth-order valence-corrected chi connectivity index (χ4v) is 2.51. The predicted octanol–water partition coefficient (Wildman–Crippen LogP) is 2.15. The summed E-state index contributed by atoms with van der Waals surface area (Å²) < 4.78 is 0. The number of nitrogens with zero attached hydrogens (tertiary/aromatic N) is 1. The van der Waals surface area contributed by atoms with Crippen LogP contribution in [0.3, 0.4) is 0 Å². The number of hydrogen-bond acceptors (Lipinski definition) is 3. The van der Waals surface area contributed by atoms with Gasteiger partial charge in [0.1, 0.15) is 0 Å². The van der Waals surface area contributed by atoms with Gasteiger partial charge in [0, 0.05) is 13.1 Å². The Balaban J connectivity index is 2.22. The topological polar surface area (TPSA) is 58.4 Å². The molecule has 0 aromatic heterocycles. The Morgan fingerprint density at radius 1 is 1.50 bits per heavy atom. The molecule has 18 heavy (non-hydrogen) atoms. The second kappa shape index (κ2) is 5.40. The highest BCUT2D eigenvalue weighted by molar-refractivity contribution is 5.99. The van der Waals surface area contributed by atoms with E-state index >= 15 is 0 Å². The van der Waals surface area contributed by atoms with Gasteiger partial charge in [0.15, 0.2) is 0 Å². The van der Waals surface area contributed by atoms with Crippen LogP contribution in [0.5, 0.6) is 0 Å². The number of aryl methyl sites for hydroxylation is 1. The number of benzene rings is 1. The standard InChI is InChI=1S/C14H21N3O/c1-10-5-6-12(13(8-10)16-15)14(18)17-7-3-4-11(2)9-17/h5-6,8,11,16H,3-4,7,9,15H2,1-2H3. The number of likely N-dealkylation sites (tertiary alicyclic amines) is 1. The molecule has 1 saturated heterocycles. The summed E-state index contributed by atoms with van der Waals surface area (Å²) in [5, 5.41) is 0. The van der Waals surface area contributed by atoms with Crippen molar-refractivity contribution in [2.45, 2.75) is 26.7 Å². The number of nitrogen functional groups attached to an aromatic ring is 1. The van der Waals surface area contributed by atoms with Gasteiger partial charge >= 0.3 is 0 Å². The zero-order valence-electron chi connectivity index (χ0n) is 11.1. The molecule has 0 bridgehead atoms. The van der Waals surface area contributed by atoms with Gasteiger partial charge in [-0.15, -0.1) is 0 Å². The van der Waals surface area contributed by atoms with E-state index in [9.17, 15) is 4.79 Å². The number of rotatable bonds is 2. The first-order valence-electron chi connectivity index (χ1n) is 6.48. The van der Waals surface area contributed by atoms with E-state index in [1.54, 1.807) is 0 Å². The molecule has 1 aliphatic heterocycles. The van der Waals surface area contributed by atoms with Crippen molar-refractivity contribution < 1.29 is 4.79 Å². The van der Waals surface area contributed by atoms with E-state index in [-0.39, 0.29) is 5.91 Å². The van der Waals surface area contributed by atoms with Crippen molar-refractivity contribution in [1.29, 1.82) is 0 Å². The molecule has 1 aromatic rings. The lowest BCUT2D eigenvalue weighted by molar-refractivity contribution is 0.0684. The largest absolute Gasteiger partial charge is 0.338 e. The van der Waals surface area contributed by atoms with E-state index < -0.39 is 0 Å². The quantitative estimate of drug-likeness (QED) is 0.622. The Kier molecular flexibility index (Phi) is 3.87. The van der Waals surface area contributed by atoms with Crippen molar-refractivity contribution in [1.82, 2.24) is 4.90 Å². The number of nitrogens with one attached hydrogen (secondary N) is 1. The summed E-state index contributed by atoms with van der Waals surface area (Å²) in [5.74, 6) is 6.16. The monoisotopic (exact) mass is 247 g/mol. The number of carbonyl (C=O) groups is 1. The molecule has 0 aliphatic carbocycles. The average Bonchev–Trinajstić information content (AvgIpc) is 2.37. The van der Waals surface area contributed by atoms with Gasteiger partial charge in [-0.1, -0.05) is 13.0 Å². The maximum absolute atomic E-state index is 12.5. The average molecular weight is 247 g/mol. The third-order valence-electron chi connectivity index (χ3n) is 3.51. The van der Waals surface area contributed by atoms with Crippen molar-refractivity contribution in [2.24, 2.45) is 11.8 Å². The number of hydrogen-bond donors (Lipinski definition) is 2. The molecule has 3 N–H and O–H groups in total. The molecular weight excluding hydrogens is 226 g/mol. The van der Waals surface area contributed by atoms with Crippen LogP contribution in [0.4, 0.5) is 5.69 Å². The highest BCUT2D eigenvalue weighted by Crippen LogP contribution is 2.22. The summed E-state index contributed by atoms with van der Waals surface area (Å²) >= 11 is 0. The molecule has 4 heteroatoms. The number of nitrogens with two attached hydrogens (primary N) is 1. The Morgan fingerprint density at radius 3 is 2.94 bits per heavy atom. The van der Waals surface area contributed by atoms with E-state index in [1.165, 1.54) is 6.42 Å². The molecule has 0 spiro atoms. The van der Waals surface area contributed by atoms with Gasteiger partial charge < -0.3 is 10.3 Å². The number of carbonyl (C=O) groups excluding carboxylic acids is 1. The normalized spacial score (nSPS) is 19.7. The number of amides is 1. The van der Waals surface area contributed by atoms with Gasteiger partial charge in [0.25, 0.3) is 5.91 Å². The van der Waals surface area contributed by atoms with Gasteiger partial charge in [0.2, 0.25) is 0 Å². The summed E-state index contributed by atoms with van der Waals surface area (Å²) in [6.07, 6.45) is 2.30. The molecule has 0 radical (unpaired) electrons. The van der Waals surface area contributed by atoms with Crippen LogP contribution >= 0.6 is 0 Å². The van der Waals surface area contributed by atoms with Gasteiger partial charge in [-0.2, -0.15) is 0 Å². The minimum absolute atomic E-state index is 0.0782. The zero-order valence-corrected chi connectivity index (χ0v) is 11.1. The molecule has 2 rings (SSSR count). The van der Waals surface area contributed by atoms with Crippen LogP contribution in [0.2, 0.25) is 0 Å². The maximum Gasteiger partial charge on any atom is 0.256 e. The minimum Gasteiger partial charge on any atom is -0.338 e. The van der Waals surface area contributed by atoms with Crippen LogP contribution in [-0.4, -0.2) is 23.9 Å². The minimum atomic E-state index is 0.0782. The highest BCUT2D eigenvalue weighted by atomic mass is 16.2. The lowest BCUT2D eigenvalue weighted by atomic mass is 9.99. The zero-order chi connectivity index (χ0) is 13.1. The molecule has 1 fully saturated rings. The molecule has 1 aromatic carbocycles. The maximum atomic E-state index is 12.5. The van der Waals surface area contributed by atoms with Crippen molar-refractivity contribution in [3.05, 3.63) is 29.3 Å². The van der Waals surface area contributed by atoms with Gasteiger partial charge in [0.05, 0.1) is 11.3 Å². The second-order valence-electron chi connectivity index (χ2n) is 5.19. The first kappa shape index (κ1) is 12.9. The molecule has 4 nitrogen and oxygen atoms in total. The van der Waals surface area contributed by atoms with E-state index in [2.05, 4.69) is 12.3 Å². The summed E-state index contributed by atoms with van der Waals surface area (Å²) in [5.41, 5.74) is 5.08. The lowest BCUT2D eigenvalue weighted by Crippen LogP contribution is -2.39. The SMILES string of the molecule is Cc1ccc(C(=O)N2CCCC(C)C2)c(NN)c1. The lowest BCUT2D eigenvalue weighted by Gasteiger charge is -2.31. The molecule has 1 atom stereocenters. The van der Waals surface area contributed by atoms with Crippen LogP contribution < -0.4 is 11.3 Å². The first-order chi connectivity index (χ1) is 8.61. The van der Waals surface area contributed by atoms with Gasteiger partial charge in [-0.05, 0) is 43.4 Å². The van der Waals surface area contributed by atoms with E-state index in [1.807, 2.05) is 30.0 Å². The Morgan fingerprint density at radius 2 is 2.28 bits per heavy atom. The van der Waals surface area contributed by atoms with Gasteiger partial charge in [-0.25, -0.2) is 0 Å². The van der Waals surface area contributed by atoms with E-state index in [0.717, 1.165) is 25.1 Å². The van der Waals surface area contributed by atoms with E-state index in [4.69, 9.17) is 5.84 Å². The fourth-order valence-electron chi connectivity index (χ4n) is 2.51. The molecule has 98 valence electrons. The van der Waals surface area contributed by atoms with Crippen LogP contribution in [0, 0.1) is 12.8 Å². The number of anilines is 1. The van der Waals surface area contributed by atoms with Gasteiger partial charge in [-0.3, -0.25) is 10.6 Å². The summed E-state index contributed by atoms with van der Waals surface area (Å²) in [6.45, 7) is 5.87. The molecular formula is C14H21N3O. The predicted molar refractivity (Wildman–Crippen MR) is 73.3 cm³/mol. The van der Waals surface area contributed by atoms with Crippen LogP contribution in [0.25, 0.3) is 0 Å². The molecule has 0 saturated carbocycles. The third kappa shape index (κ3) is 2.64. The van der Waals surface area contributed by atoms with Crippen molar-refractivity contribution in [3.63, 3.8) is 0 Å². The van der Waals surface area contributed by atoms with Crippen LogP contribution in [0.1, 0.15) is 35.7 Å². The molecule has 1 heterocycles. The Bertz CT molecular complexity index is 445. The Labute approximate surface area is 108 Å². The highest BCUT2D eigenvalue weighted by Gasteiger charge is 2.23. The second-order valence-corrected chi connectivity index (χ2v) is 5.19. The molecule has 1 amide bonds. The summed E-state index contributed by atoms with van der Waals surface area (Å²) in [7, 11) is 0. The molecule has 1 aliphatic rings. The van der Waals surface area contributed by atoms with Crippen molar-refractivity contribution >= 4 is 11.6 Å². The third-order valence-corrected chi connectivity index (χ3v) is 3.51. The van der Waals surface area contributed by atoms with Crippen LogP contribution in [-0.2, 0) is 0 Å². The Hall–Kier alpha value is -1.55. The summed E-state index contributed by atoms with van der Waals surface area (Å²) in [6, 6.07) is 5.70. The first-order valence-corrected chi connectivity index (χ1v) is 6.48. The molecule has 1 unspecified atom stereocenters. The smallest absolute Gasteiger partial charge is 0.256 e. The van der Waals surface area contributed by atoms with E-state index in [0.29, 0.717) is 17.2 Å². The fraction of sp³-hybridized carbons (Fsp3) is 0.500. The number of hydrazine groups is 1. The summed E-state index contributed by atoms with van der Waals surface area (Å²) in [4.78, 5) is 14.4. The van der Waals surface area contributed by atoms with Crippen LogP contribution in [0.15, 0.2) is 18.2 Å².